The minimum Gasteiger partial charge on any atom is -0.299 e. The van der Waals surface area contributed by atoms with Crippen LogP contribution in [0, 0.1) is 0 Å². The Labute approximate surface area is 148 Å². The summed E-state index contributed by atoms with van der Waals surface area (Å²) in [4.78, 5) is 2.62. The number of sulfonamides is 1. The Morgan fingerprint density at radius 3 is 2.50 bits per heavy atom. The Bertz CT molecular complexity index is 791. The highest BCUT2D eigenvalue weighted by Gasteiger charge is 2.16. The van der Waals surface area contributed by atoms with E-state index in [1.54, 1.807) is 12.1 Å². The van der Waals surface area contributed by atoms with E-state index in [2.05, 4.69) is 33.9 Å². The molecule has 0 saturated carbocycles. The Kier molecular flexibility index (Phi) is 5.56. The van der Waals surface area contributed by atoms with Crippen molar-refractivity contribution in [2.45, 2.75) is 24.3 Å². The lowest BCUT2D eigenvalue weighted by atomic mass is 10.00. The van der Waals surface area contributed by atoms with Crippen molar-refractivity contribution in [1.29, 1.82) is 0 Å². The monoisotopic (exact) mass is 364 g/mol. The van der Waals surface area contributed by atoms with E-state index in [-0.39, 0.29) is 4.90 Å². The normalized spacial score (nSPS) is 15.2. The average Bonchev–Trinajstić information content (AvgIpc) is 2.59. The molecule has 128 valence electrons. The molecule has 1 N–H and O–H groups in total. The van der Waals surface area contributed by atoms with Gasteiger partial charge in [-0.15, -0.1) is 0 Å². The Hall–Kier alpha value is -1.40. The van der Waals surface area contributed by atoms with Crippen molar-refractivity contribution in [3.05, 3.63) is 64.7 Å². The smallest absolute Gasteiger partial charge is 0.240 e. The van der Waals surface area contributed by atoms with Crippen LogP contribution in [0.25, 0.3) is 0 Å². The van der Waals surface area contributed by atoms with Gasteiger partial charge in [-0.25, -0.2) is 13.1 Å². The van der Waals surface area contributed by atoms with Gasteiger partial charge in [-0.1, -0.05) is 35.9 Å². The average molecular weight is 365 g/mol. The number of rotatable bonds is 6. The van der Waals surface area contributed by atoms with Gasteiger partial charge in [0.1, 0.15) is 0 Å². The molecular weight excluding hydrogens is 344 g/mol. The highest BCUT2D eigenvalue weighted by Crippen LogP contribution is 2.18. The summed E-state index contributed by atoms with van der Waals surface area (Å²) in [7, 11) is -3.46. The van der Waals surface area contributed by atoms with Crippen molar-refractivity contribution in [2.75, 3.05) is 19.6 Å². The first-order valence-corrected chi connectivity index (χ1v) is 9.95. The van der Waals surface area contributed by atoms with Gasteiger partial charge in [0, 0.05) is 24.7 Å². The second kappa shape index (κ2) is 7.66. The van der Waals surface area contributed by atoms with Crippen LogP contribution in [0.4, 0.5) is 0 Å². The Morgan fingerprint density at radius 2 is 1.75 bits per heavy atom. The summed E-state index contributed by atoms with van der Waals surface area (Å²) in [5.74, 6) is 0. The molecule has 6 heteroatoms. The molecule has 24 heavy (non-hydrogen) atoms. The Balaban J connectivity index is 1.47. The van der Waals surface area contributed by atoms with Crippen molar-refractivity contribution in [3.63, 3.8) is 0 Å². The lowest BCUT2D eigenvalue weighted by Gasteiger charge is -2.28. The zero-order chi connectivity index (χ0) is 17.0. The molecule has 0 fully saturated rings. The largest absolute Gasteiger partial charge is 0.299 e. The minimum absolute atomic E-state index is 0.249. The summed E-state index contributed by atoms with van der Waals surface area (Å²) in [5.41, 5.74) is 2.81. The predicted octanol–water partition coefficient (Wildman–Crippen LogP) is 3.07. The molecular formula is C18H21ClN2O2S. The number of hydrogen-bond donors (Lipinski definition) is 1. The number of halogens is 1. The van der Waals surface area contributed by atoms with Crippen LogP contribution in [0.1, 0.15) is 17.5 Å². The van der Waals surface area contributed by atoms with Gasteiger partial charge in [0.15, 0.2) is 0 Å². The summed E-state index contributed by atoms with van der Waals surface area (Å²) < 4.78 is 27.0. The third-order valence-electron chi connectivity index (χ3n) is 4.28. The topological polar surface area (TPSA) is 49.4 Å². The van der Waals surface area contributed by atoms with Crippen molar-refractivity contribution in [3.8, 4) is 0 Å². The van der Waals surface area contributed by atoms with Gasteiger partial charge in [-0.05, 0) is 54.8 Å². The quantitative estimate of drug-likeness (QED) is 0.801. The zero-order valence-corrected chi connectivity index (χ0v) is 15.0. The van der Waals surface area contributed by atoms with Crippen molar-refractivity contribution in [2.24, 2.45) is 0 Å². The molecule has 4 nitrogen and oxygen atoms in total. The molecule has 0 bridgehead atoms. The van der Waals surface area contributed by atoms with Crippen LogP contribution in [-0.2, 0) is 23.0 Å². The number of fused-ring (bicyclic) bond motifs is 1. The third-order valence-corrected chi connectivity index (χ3v) is 6.01. The maximum atomic E-state index is 12.2. The molecule has 1 aliphatic rings. The Morgan fingerprint density at radius 1 is 1.04 bits per heavy atom. The summed E-state index contributed by atoms with van der Waals surface area (Å²) in [5, 5.41) is 0.527. The predicted molar refractivity (Wildman–Crippen MR) is 96.7 cm³/mol. The molecule has 0 amide bonds. The highest BCUT2D eigenvalue weighted by molar-refractivity contribution is 7.89. The van der Waals surface area contributed by atoms with E-state index in [9.17, 15) is 8.42 Å². The number of nitrogens with zero attached hydrogens (tertiary/aromatic N) is 1. The van der Waals surface area contributed by atoms with Gasteiger partial charge in [-0.3, -0.25) is 4.90 Å². The molecule has 0 saturated heterocycles. The van der Waals surface area contributed by atoms with Gasteiger partial charge in [0.05, 0.1) is 4.90 Å². The van der Waals surface area contributed by atoms with Gasteiger partial charge >= 0.3 is 0 Å². The first-order chi connectivity index (χ1) is 11.5. The van der Waals surface area contributed by atoms with Crippen LogP contribution < -0.4 is 4.72 Å². The maximum absolute atomic E-state index is 12.2. The molecule has 1 heterocycles. The van der Waals surface area contributed by atoms with Crippen LogP contribution in [0.15, 0.2) is 53.4 Å². The molecule has 0 atom stereocenters. The van der Waals surface area contributed by atoms with E-state index < -0.39 is 10.0 Å². The van der Waals surface area contributed by atoms with Gasteiger partial charge in [0.25, 0.3) is 0 Å². The minimum atomic E-state index is -3.46. The van der Waals surface area contributed by atoms with Crippen LogP contribution >= 0.6 is 11.6 Å². The lowest BCUT2D eigenvalue weighted by molar-refractivity contribution is 0.251. The number of nitrogens with one attached hydrogen (secondary N) is 1. The van der Waals surface area contributed by atoms with E-state index in [0.29, 0.717) is 11.6 Å². The van der Waals surface area contributed by atoms with Gasteiger partial charge < -0.3 is 0 Å². The summed E-state index contributed by atoms with van der Waals surface area (Å²) in [6.45, 7) is 3.29. The fourth-order valence-electron chi connectivity index (χ4n) is 2.95. The second-order valence-corrected chi connectivity index (χ2v) is 8.20. The van der Waals surface area contributed by atoms with Gasteiger partial charge in [-0.2, -0.15) is 0 Å². The molecule has 0 aromatic heterocycles. The second-order valence-electron chi connectivity index (χ2n) is 6.00. The first kappa shape index (κ1) is 17.4. The molecule has 0 aliphatic carbocycles. The van der Waals surface area contributed by atoms with E-state index in [1.807, 2.05) is 0 Å². The zero-order valence-electron chi connectivity index (χ0n) is 13.4. The van der Waals surface area contributed by atoms with Crippen molar-refractivity contribution >= 4 is 21.6 Å². The fraction of sp³-hybridized carbons (Fsp3) is 0.333. The highest BCUT2D eigenvalue weighted by atomic mass is 35.5. The summed E-state index contributed by atoms with van der Waals surface area (Å²) >= 11 is 5.79. The van der Waals surface area contributed by atoms with Gasteiger partial charge in [0.2, 0.25) is 10.0 Å². The lowest BCUT2D eigenvalue weighted by Crippen LogP contribution is -2.33. The molecule has 2 aromatic rings. The van der Waals surface area contributed by atoms with Crippen molar-refractivity contribution < 1.29 is 8.42 Å². The maximum Gasteiger partial charge on any atom is 0.240 e. The first-order valence-electron chi connectivity index (χ1n) is 8.09. The van der Waals surface area contributed by atoms with Crippen molar-refractivity contribution in [1.82, 2.24) is 9.62 Å². The molecule has 0 unspecified atom stereocenters. The van der Waals surface area contributed by atoms with Crippen LogP contribution in [0.2, 0.25) is 5.02 Å². The molecule has 0 spiro atoms. The molecule has 2 aromatic carbocycles. The standard InChI is InChI=1S/C18H21ClN2O2S/c19-17-6-8-18(9-7-17)24(22,23)20-11-3-12-21-13-10-15-4-1-2-5-16(15)14-21/h1-2,4-9,20H,3,10-14H2. The summed E-state index contributed by atoms with van der Waals surface area (Å²) in [6.07, 6.45) is 1.85. The van der Waals surface area contributed by atoms with E-state index in [0.717, 1.165) is 32.5 Å². The third kappa shape index (κ3) is 4.36. The van der Waals surface area contributed by atoms with Crippen LogP contribution in [-0.4, -0.2) is 33.0 Å². The SMILES string of the molecule is O=S(=O)(NCCCN1CCc2ccccc2C1)c1ccc(Cl)cc1. The van der Waals surface area contributed by atoms with Crippen LogP contribution in [0.5, 0.6) is 0 Å². The van der Waals surface area contributed by atoms with E-state index >= 15 is 0 Å². The number of hydrogen-bond acceptors (Lipinski definition) is 3. The molecule has 0 radical (unpaired) electrons. The van der Waals surface area contributed by atoms with Crippen LogP contribution in [0.3, 0.4) is 0 Å². The fourth-order valence-corrected chi connectivity index (χ4v) is 4.15. The van der Waals surface area contributed by atoms with E-state index in [1.165, 1.54) is 23.3 Å². The van der Waals surface area contributed by atoms with E-state index in [4.69, 9.17) is 11.6 Å². The molecule has 1 aliphatic heterocycles. The summed E-state index contributed by atoms with van der Waals surface area (Å²) in [6, 6.07) is 14.7. The molecule has 3 rings (SSSR count). The number of benzene rings is 2.